The van der Waals surface area contributed by atoms with E-state index in [0.717, 1.165) is 19.4 Å². The van der Waals surface area contributed by atoms with E-state index in [2.05, 4.69) is 0 Å². The van der Waals surface area contributed by atoms with Crippen LogP contribution in [0.4, 0.5) is 0 Å². The van der Waals surface area contributed by atoms with E-state index in [1.54, 1.807) is 13.8 Å². The number of aliphatic carboxylic acids is 1. The number of hydrogen-bond acceptors (Lipinski definition) is 2. The fourth-order valence-electron chi connectivity index (χ4n) is 1.95. The molecule has 4 nitrogen and oxygen atoms in total. The zero-order chi connectivity index (χ0) is 11.6. The summed E-state index contributed by atoms with van der Waals surface area (Å²) in [5, 5.41) is 8.84. The lowest BCUT2D eigenvalue weighted by Crippen LogP contribution is -2.40. The molecule has 0 saturated carbocycles. The first-order valence-electron chi connectivity index (χ1n) is 5.48. The lowest BCUT2D eigenvalue weighted by Gasteiger charge is -2.26. The monoisotopic (exact) mass is 213 g/mol. The highest BCUT2D eigenvalue weighted by Gasteiger charge is 2.33. The Bertz CT molecular complexity index is 265. The highest BCUT2D eigenvalue weighted by Crippen LogP contribution is 2.22. The maximum absolute atomic E-state index is 12.0. The van der Waals surface area contributed by atoms with E-state index in [0.29, 0.717) is 0 Å². The molecule has 3 atom stereocenters. The maximum atomic E-state index is 12.0. The van der Waals surface area contributed by atoms with Crippen LogP contribution in [0.15, 0.2) is 0 Å². The van der Waals surface area contributed by atoms with Crippen molar-refractivity contribution in [3.05, 3.63) is 0 Å². The van der Waals surface area contributed by atoms with Gasteiger partial charge in [-0.1, -0.05) is 13.8 Å². The standard InChI is InChI=1S/C11H19NO3/c1-7-5-4-6-12(7)10(13)8(2)9(3)11(14)15/h7-9H,4-6H2,1-3H3,(H,14,15). The highest BCUT2D eigenvalue weighted by molar-refractivity contribution is 5.84. The third-order valence-corrected chi connectivity index (χ3v) is 3.37. The summed E-state index contributed by atoms with van der Waals surface area (Å²) >= 11 is 0. The van der Waals surface area contributed by atoms with Gasteiger partial charge in [-0.15, -0.1) is 0 Å². The fourth-order valence-corrected chi connectivity index (χ4v) is 1.95. The Hall–Kier alpha value is -1.06. The minimum absolute atomic E-state index is 0.0186. The number of nitrogens with zero attached hydrogens (tertiary/aromatic N) is 1. The molecule has 4 heteroatoms. The van der Waals surface area contributed by atoms with Crippen LogP contribution in [0.5, 0.6) is 0 Å². The van der Waals surface area contributed by atoms with Crippen LogP contribution in [0.1, 0.15) is 33.6 Å². The first-order chi connectivity index (χ1) is 6.95. The van der Waals surface area contributed by atoms with Crippen LogP contribution in [-0.4, -0.2) is 34.5 Å². The first kappa shape index (κ1) is 12.0. The van der Waals surface area contributed by atoms with E-state index in [-0.39, 0.29) is 11.9 Å². The number of carbonyl (C=O) groups excluding carboxylic acids is 1. The molecule has 1 aliphatic rings. The molecule has 1 aliphatic heterocycles. The summed E-state index contributed by atoms with van der Waals surface area (Å²) in [6.45, 7) is 6.08. The molecule has 0 spiro atoms. The molecule has 0 aliphatic carbocycles. The molecule has 3 unspecified atom stereocenters. The second-order valence-corrected chi connectivity index (χ2v) is 4.44. The van der Waals surface area contributed by atoms with Gasteiger partial charge in [0.05, 0.1) is 5.92 Å². The van der Waals surface area contributed by atoms with Crippen molar-refractivity contribution in [1.82, 2.24) is 4.90 Å². The van der Waals surface area contributed by atoms with E-state index in [4.69, 9.17) is 5.11 Å². The molecule has 86 valence electrons. The Morgan fingerprint density at radius 2 is 1.93 bits per heavy atom. The molecule has 0 bridgehead atoms. The van der Waals surface area contributed by atoms with Gasteiger partial charge in [0.2, 0.25) is 5.91 Å². The van der Waals surface area contributed by atoms with E-state index < -0.39 is 17.8 Å². The predicted octanol–water partition coefficient (Wildman–Crippen LogP) is 1.35. The lowest BCUT2D eigenvalue weighted by molar-refractivity contribution is -0.149. The van der Waals surface area contributed by atoms with Crippen molar-refractivity contribution in [2.45, 2.75) is 39.7 Å². The molecule has 0 aromatic carbocycles. The summed E-state index contributed by atoms with van der Waals surface area (Å²) in [7, 11) is 0. The smallest absolute Gasteiger partial charge is 0.307 e. The van der Waals surface area contributed by atoms with E-state index >= 15 is 0 Å². The van der Waals surface area contributed by atoms with Gasteiger partial charge >= 0.3 is 5.97 Å². The van der Waals surface area contributed by atoms with Crippen LogP contribution in [0, 0.1) is 11.8 Å². The Balaban J connectivity index is 2.63. The van der Waals surface area contributed by atoms with Crippen LogP contribution >= 0.6 is 0 Å². The SMILES string of the molecule is CC(C(=O)O)C(C)C(=O)N1CCCC1C. The highest BCUT2D eigenvalue weighted by atomic mass is 16.4. The average molecular weight is 213 g/mol. The minimum Gasteiger partial charge on any atom is -0.481 e. The van der Waals surface area contributed by atoms with Crippen molar-refractivity contribution in [3.63, 3.8) is 0 Å². The average Bonchev–Trinajstić information content (AvgIpc) is 2.60. The second-order valence-electron chi connectivity index (χ2n) is 4.44. The van der Waals surface area contributed by atoms with Crippen LogP contribution in [0.3, 0.4) is 0 Å². The quantitative estimate of drug-likeness (QED) is 0.770. The largest absolute Gasteiger partial charge is 0.481 e. The summed E-state index contributed by atoms with van der Waals surface area (Å²) in [6, 6.07) is 0.265. The molecule has 0 radical (unpaired) electrons. The normalized spacial score (nSPS) is 25.0. The van der Waals surface area contributed by atoms with Gasteiger partial charge < -0.3 is 10.0 Å². The lowest BCUT2D eigenvalue weighted by atomic mass is 9.94. The van der Waals surface area contributed by atoms with Crippen molar-refractivity contribution in [2.75, 3.05) is 6.54 Å². The Morgan fingerprint density at radius 3 is 2.33 bits per heavy atom. The summed E-state index contributed by atoms with van der Waals surface area (Å²) < 4.78 is 0. The number of rotatable bonds is 3. The molecule has 0 aromatic heterocycles. The predicted molar refractivity (Wildman–Crippen MR) is 56.4 cm³/mol. The summed E-state index contributed by atoms with van der Waals surface area (Å²) in [5.74, 6) is -1.95. The zero-order valence-electron chi connectivity index (χ0n) is 9.56. The van der Waals surface area contributed by atoms with E-state index in [1.165, 1.54) is 0 Å². The number of likely N-dealkylation sites (tertiary alicyclic amines) is 1. The fraction of sp³-hybridized carbons (Fsp3) is 0.818. The molecule has 0 aromatic rings. The molecule has 1 rings (SSSR count). The van der Waals surface area contributed by atoms with Crippen molar-refractivity contribution in [1.29, 1.82) is 0 Å². The molecule has 1 heterocycles. The summed E-state index contributed by atoms with van der Waals surface area (Å²) in [5.41, 5.74) is 0. The maximum Gasteiger partial charge on any atom is 0.307 e. The zero-order valence-corrected chi connectivity index (χ0v) is 9.56. The van der Waals surface area contributed by atoms with Crippen molar-refractivity contribution in [2.24, 2.45) is 11.8 Å². The third-order valence-electron chi connectivity index (χ3n) is 3.37. The third kappa shape index (κ3) is 2.49. The minimum atomic E-state index is -0.900. The Kier molecular flexibility index (Phi) is 3.72. The summed E-state index contributed by atoms with van der Waals surface area (Å²) in [4.78, 5) is 24.5. The van der Waals surface area contributed by atoms with Crippen LogP contribution in [-0.2, 0) is 9.59 Å². The van der Waals surface area contributed by atoms with Crippen molar-refractivity contribution >= 4 is 11.9 Å². The Labute approximate surface area is 90.3 Å². The van der Waals surface area contributed by atoms with Gasteiger partial charge in [-0.2, -0.15) is 0 Å². The van der Waals surface area contributed by atoms with Gasteiger partial charge in [-0.3, -0.25) is 9.59 Å². The topological polar surface area (TPSA) is 57.6 Å². The van der Waals surface area contributed by atoms with E-state index in [1.807, 2.05) is 11.8 Å². The molecule has 15 heavy (non-hydrogen) atoms. The van der Waals surface area contributed by atoms with Gasteiger partial charge in [0.1, 0.15) is 0 Å². The summed E-state index contributed by atoms with van der Waals surface area (Å²) in [6.07, 6.45) is 2.06. The van der Waals surface area contributed by atoms with Crippen molar-refractivity contribution in [3.8, 4) is 0 Å². The second kappa shape index (κ2) is 4.64. The number of hydrogen-bond donors (Lipinski definition) is 1. The number of carboxylic acids is 1. The van der Waals surface area contributed by atoms with Gasteiger partial charge in [-0.25, -0.2) is 0 Å². The number of amides is 1. The number of carbonyl (C=O) groups is 2. The van der Waals surface area contributed by atoms with E-state index in [9.17, 15) is 9.59 Å². The molecule has 1 saturated heterocycles. The number of carboxylic acid groups (broad SMARTS) is 1. The van der Waals surface area contributed by atoms with Gasteiger partial charge in [-0.05, 0) is 19.8 Å². The molecular weight excluding hydrogens is 194 g/mol. The molecule has 1 amide bonds. The first-order valence-corrected chi connectivity index (χ1v) is 5.48. The molecule has 1 N–H and O–H groups in total. The van der Waals surface area contributed by atoms with Gasteiger partial charge in [0, 0.05) is 18.5 Å². The van der Waals surface area contributed by atoms with Gasteiger partial charge in [0.15, 0.2) is 0 Å². The molecule has 1 fully saturated rings. The Morgan fingerprint density at radius 1 is 1.33 bits per heavy atom. The van der Waals surface area contributed by atoms with Crippen LogP contribution < -0.4 is 0 Å². The molecular formula is C11H19NO3. The van der Waals surface area contributed by atoms with Gasteiger partial charge in [0.25, 0.3) is 0 Å². The van der Waals surface area contributed by atoms with Crippen LogP contribution in [0.25, 0.3) is 0 Å². The van der Waals surface area contributed by atoms with Crippen molar-refractivity contribution < 1.29 is 14.7 Å². The van der Waals surface area contributed by atoms with Crippen LogP contribution in [0.2, 0.25) is 0 Å².